The lowest BCUT2D eigenvalue weighted by molar-refractivity contribution is -0.137. The Bertz CT molecular complexity index is 834. The van der Waals surface area contributed by atoms with Gasteiger partial charge in [0.2, 0.25) is 0 Å². The number of aliphatic carboxylic acids is 1. The SMILES string of the molecule is Cc1[nH]c(/C=C2\C(=O)Nc3ncccc32)c(C)c1CCC(=O)O. The van der Waals surface area contributed by atoms with Crippen LogP contribution in [0.3, 0.4) is 0 Å². The summed E-state index contributed by atoms with van der Waals surface area (Å²) in [4.78, 5) is 30.3. The van der Waals surface area contributed by atoms with Gasteiger partial charge < -0.3 is 15.4 Å². The van der Waals surface area contributed by atoms with Gasteiger partial charge in [0.05, 0.1) is 5.57 Å². The fraction of sp³-hybridized carbons (Fsp3) is 0.235. The van der Waals surface area contributed by atoms with Crippen molar-refractivity contribution in [3.8, 4) is 0 Å². The zero-order valence-electron chi connectivity index (χ0n) is 12.9. The first-order valence-electron chi connectivity index (χ1n) is 7.35. The molecule has 3 N–H and O–H groups in total. The fourth-order valence-electron chi connectivity index (χ4n) is 2.87. The minimum Gasteiger partial charge on any atom is -0.481 e. The van der Waals surface area contributed by atoms with Crippen LogP contribution in [0.4, 0.5) is 5.82 Å². The predicted octanol–water partition coefficient (Wildman–Crippen LogP) is 2.54. The topological polar surface area (TPSA) is 95.1 Å². The number of fused-ring (bicyclic) bond motifs is 1. The smallest absolute Gasteiger partial charge is 0.303 e. The molecule has 0 saturated heterocycles. The van der Waals surface area contributed by atoms with Gasteiger partial charge in [-0.15, -0.1) is 0 Å². The van der Waals surface area contributed by atoms with Crippen LogP contribution < -0.4 is 5.32 Å². The molecule has 0 aromatic carbocycles. The molecule has 0 atom stereocenters. The van der Waals surface area contributed by atoms with Crippen LogP contribution in [0.2, 0.25) is 0 Å². The number of rotatable bonds is 4. The number of amides is 1. The normalized spacial score (nSPS) is 14.9. The van der Waals surface area contributed by atoms with Crippen LogP contribution in [0.25, 0.3) is 11.6 Å². The van der Waals surface area contributed by atoms with Gasteiger partial charge in [-0.25, -0.2) is 4.98 Å². The number of nitrogens with one attached hydrogen (secondary N) is 2. The van der Waals surface area contributed by atoms with Gasteiger partial charge in [-0.1, -0.05) is 0 Å². The number of carboxylic acid groups (broad SMARTS) is 1. The van der Waals surface area contributed by atoms with Crippen LogP contribution in [-0.4, -0.2) is 27.0 Å². The highest BCUT2D eigenvalue weighted by Crippen LogP contribution is 2.32. The van der Waals surface area contributed by atoms with Gasteiger partial charge in [0.1, 0.15) is 5.82 Å². The van der Waals surface area contributed by atoms with E-state index in [0.29, 0.717) is 17.8 Å². The van der Waals surface area contributed by atoms with E-state index >= 15 is 0 Å². The molecule has 2 aromatic heterocycles. The van der Waals surface area contributed by atoms with Gasteiger partial charge in [0.15, 0.2) is 0 Å². The number of anilines is 1. The van der Waals surface area contributed by atoms with Crippen molar-refractivity contribution < 1.29 is 14.7 Å². The van der Waals surface area contributed by atoms with Crippen LogP contribution in [0.15, 0.2) is 18.3 Å². The second-order valence-electron chi connectivity index (χ2n) is 5.57. The zero-order chi connectivity index (χ0) is 16.6. The first kappa shape index (κ1) is 15.0. The van der Waals surface area contributed by atoms with Gasteiger partial charge in [0, 0.05) is 29.6 Å². The Hall–Kier alpha value is -2.89. The molecule has 1 aliphatic rings. The number of carbonyl (C=O) groups is 2. The number of hydrogen-bond acceptors (Lipinski definition) is 3. The van der Waals surface area contributed by atoms with Crippen molar-refractivity contribution in [3.63, 3.8) is 0 Å². The van der Waals surface area contributed by atoms with E-state index in [0.717, 1.165) is 28.1 Å². The van der Waals surface area contributed by atoms with E-state index in [2.05, 4.69) is 15.3 Å². The minimum absolute atomic E-state index is 0.0861. The van der Waals surface area contributed by atoms with Crippen molar-refractivity contribution >= 4 is 29.3 Å². The van der Waals surface area contributed by atoms with Gasteiger partial charge in [-0.05, 0) is 49.6 Å². The summed E-state index contributed by atoms with van der Waals surface area (Å²) in [5.41, 5.74) is 5.05. The number of aryl methyl sites for hydroxylation is 1. The minimum atomic E-state index is -0.819. The summed E-state index contributed by atoms with van der Waals surface area (Å²) in [5.74, 6) is -0.437. The number of carbonyl (C=O) groups excluding carboxylic acids is 1. The average Bonchev–Trinajstić information content (AvgIpc) is 2.95. The summed E-state index contributed by atoms with van der Waals surface area (Å²) in [5, 5.41) is 11.6. The van der Waals surface area contributed by atoms with E-state index in [-0.39, 0.29) is 12.3 Å². The lowest BCUT2D eigenvalue weighted by Gasteiger charge is -2.00. The van der Waals surface area contributed by atoms with E-state index in [1.165, 1.54) is 0 Å². The molecule has 3 rings (SSSR count). The third-order valence-corrected chi connectivity index (χ3v) is 4.08. The number of carboxylic acids is 1. The Kier molecular flexibility index (Phi) is 3.73. The highest BCUT2D eigenvalue weighted by molar-refractivity contribution is 6.34. The third kappa shape index (κ3) is 2.75. The highest BCUT2D eigenvalue weighted by atomic mass is 16.4. The molecule has 2 aromatic rings. The first-order valence-corrected chi connectivity index (χ1v) is 7.35. The number of aromatic amines is 1. The van der Waals surface area contributed by atoms with Crippen molar-refractivity contribution in [1.29, 1.82) is 0 Å². The second kappa shape index (κ2) is 5.72. The van der Waals surface area contributed by atoms with Crippen LogP contribution in [0.5, 0.6) is 0 Å². The quantitative estimate of drug-likeness (QED) is 0.756. The van der Waals surface area contributed by atoms with Crippen molar-refractivity contribution in [1.82, 2.24) is 9.97 Å². The van der Waals surface area contributed by atoms with Gasteiger partial charge >= 0.3 is 5.97 Å². The molecule has 1 aliphatic heterocycles. The van der Waals surface area contributed by atoms with Crippen LogP contribution in [0.1, 0.15) is 34.5 Å². The molecular formula is C17H17N3O3. The molecule has 0 aliphatic carbocycles. The maximum atomic E-state index is 12.1. The Morgan fingerprint density at radius 2 is 2.17 bits per heavy atom. The molecule has 6 nitrogen and oxygen atoms in total. The average molecular weight is 311 g/mol. The first-order chi connectivity index (χ1) is 11.0. The Morgan fingerprint density at radius 1 is 1.39 bits per heavy atom. The van der Waals surface area contributed by atoms with Crippen molar-refractivity contribution in [2.45, 2.75) is 26.7 Å². The maximum Gasteiger partial charge on any atom is 0.303 e. The molecule has 0 radical (unpaired) electrons. The molecule has 6 heteroatoms. The fourth-order valence-corrected chi connectivity index (χ4v) is 2.87. The molecule has 0 unspecified atom stereocenters. The third-order valence-electron chi connectivity index (χ3n) is 4.08. The number of aromatic nitrogens is 2. The van der Waals surface area contributed by atoms with Gasteiger partial charge in [-0.2, -0.15) is 0 Å². The Balaban J connectivity index is 1.99. The standard InChI is InChI=1S/C17H17N3O3/c1-9-11(5-6-15(21)22)10(2)19-14(9)8-13-12-4-3-7-18-16(12)20-17(13)23/h3-4,7-8,19H,5-6H2,1-2H3,(H,21,22)(H,18,20,23)/b13-8-. The lowest BCUT2D eigenvalue weighted by Crippen LogP contribution is -2.04. The molecule has 1 amide bonds. The van der Waals surface area contributed by atoms with Crippen molar-refractivity contribution in [2.24, 2.45) is 0 Å². The van der Waals surface area contributed by atoms with Crippen molar-refractivity contribution in [2.75, 3.05) is 5.32 Å². The molecule has 0 fully saturated rings. The number of hydrogen-bond donors (Lipinski definition) is 3. The molecule has 3 heterocycles. The van der Waals surface area contributed by atoms with Crippen LogP contribution in [0, 0.1) is 13.8 Å². The maximum absolute atomic E-state index is 12.1. The van der Waals surface area contributed by atoms with Crippen LogP contribution in [-0.2, 0) is 16.0 Å². The van der Waals surface area contributed by atoms with Gasteiger partial charge in [0.25, 0.3) is 5.91 Å². The molecule has 23 heavy (non-hydrogen) atoms. The van der Waals surface area contributed by atoms with Crippen molar-refractivity contribution in [3.05, 3.63) is 46.4 Å². The number of H-pyrrole nitrogens is 1. The van der Waals surface area contributed by atoms with E-state index < -0.39 is 5.97 Å². The second-order valence-corrected chi connectivity index (χ2v) is 5.57. The lowest BCUT2D eigenvalue weighted by atomic mass is 10.0. The summed E-state index contributed by atoms with van der Waals surface area (Å²) < 4.78 is 0. The summed E-state index contributed by atoms with van der Waals surface area (Å²) >= 11 is 0. The van der Waals surface area contributed by atoms with Gasteiger partial charge in [-0.3, -0.25) is 9.59 Å². The monoisotopic (exact) mass is 311 g/mol. The number of nitrogens with zero attached hydrogens (tertiary/aromatic N) is 1. The molecule has 0 bridgehead atoms. The summed E-state index contributed by atoms with van der Waals surface area (Å²) in [7, 11) is 0. The molecule has 0 saturated carbocycles. The Labute approximate surface area is 133 Å². The highest BCUT2D eigenvalue weighted by Gasteiger charge is 2.25. The molecular weight excluding hydrogens is 294 g/mol. The Morgan fingerprint density at radius 3 is 2.91 bits per heavy atom. The molecule has 0 spiro atoms. The summed E-state index contributed by atoms with van der Waals surface area (Å²) in [6.45, 7) is 3.85. The van der Waals surface area contributed by atoms with E-state index in [4.69, 9.17) is 5.11 Å². The largest absolute Gasteiger partial charge is 0.481 e. The zero-order valence-corrected chi connectivity index (χ0v) is 12.9. The summed E-state index contributed by atoms with van der Waals surface area (Å²) in [6, 6.07) is 3.64. The summed E-state index contributed by atoms with van der Waals surface area (Å²) in [6.07, 6.45) is 3.99. The van der Waals surface area contributed by atoms with E-state index in [9.17, 15) is 9.59 Å². The van der Waals surface area contributed by atoms with E-state index in [1.54, 1.807) is 18.3 Å². The van der Waals surface area contributed by atoms with Crippen LogP contribution >= 0.6 is 0 Å². The van der Waals surface area contributed by atoms with E-state index in [1.807, 2.05) is 19.9 Å². The predicted molar refractivity (Wildman–Crippen MR) is 87.0 cm³/mol. The number of pyridine rings is 1. The molecule has 118 valence electrons.